The fourth-order valence-electron chi connectivity index (χ4n) is 0.769. The van der Waals surface area contributed by atoms with E-state index in [1.807, 2.05) is 0 Å². The van der Waals surface area contributed by atoms with Crippen LogP contribution < -0.4 is 0 Å². The highest BCUT2D eigenvalue weighted by molar-refractivity contribution is 6.32. The summed E-state index contributed by atoms with van der Waals surface area (Å²) in [5.41, 5.74) is 0.0590. The highest BCUT2D eigenvalue weighted by atomic mass is 35.5. The lowest BCUT2D eigenvalue weighted by Gasteiger charge is -2.06. The SMILES string of the molecule is CC(C)OC(=O)c1cc(Cl)nc(Cl)n1. The summed E-state index contributed by atoms with van der Waals surface area (Å²) in [6.45, 7) is 3.48. The number of esters is 1. The summed E-state index contributed by atoms with van der Waals surface area (Å²) in [7, 11) is 0. The standard InChI is InChI=1S/C8H8Cl2N2O2/c1-4(2)14-7(13)5-3-6(9)12-8(10)11-5/h3-4H,1-2H3. The van der Waals surface area contributed by atoms with Crippen LogP contribution in [0.5, 0.6) is 0 Å². The summed E-state index contributed by atoms with van der Waals surface area (Å²) in [6, 6.07) is 1.30. The van der Waals surface area contributed by atoms with Crippen molar-refractivity contribution in [2.75, 3.05) is 0 Å². The molecule has 4 nitrogen and oxygen atoms in total. The first-order valence-electron chi connectivity index (χ1n) is 3.90. The number of hydrogen-bond donors (Lipinski definition) is 0. The van der Waals surface area contributed by atoms with E-state index in [1.165, 1.54) is 6.07 Å². The van der Waals surface area contributed by atoms with E-state index in [-0.39, 0.29) is 22.2 Å². The van der Waals surface area contributed by atoms with Gasteiger partial charge in [0, 0.05) is 6.07 Å². The minimum Gasteiger partial charge on any atom is -0.458 e. The van der Waals surface area contributed by atoms with Gasteiger partial charge in [-0.3, -0.25) is 0 Å². The van der Waals surface area contributed by atoms with Gasteiger partial charge in [-0.1, -0.05) is 11.6 Å². The van der Waals surface area contributed by atoms with Crippen molar-refractivity contribution in [1.82, 2.24) is 9.97 Å². The van der Waals surface area contributed by atoms with Gasteiger partial charge in [-0.2, -0.15) is 0 Å². The van der Waals surface area contributed by atoms with Crippen LogP contribution in [-0.2, 0) is 4.74 Å². The molecule has 0 bridgehead atoms. The van der Waals surface area contributed by atoms with E-state index in [0.29, 0.717) is 0 Å². The number of hydrogen-bond acceptors (Lipinski definition) is 4. The Labute approximate surface area is 91.2 Å². The summed E-state index contributed by atoms with van der Waals surface area (Å²) in [5, 5.41) is 0.0360. The highest BCUT2D eigenvalue weighted by Gasteiger charge is 2.13. The summed E-state index contributed by atoms with van der Waals surface area (Å²) >= 11 is 11.1. The smallest absolute Gasteiger partial charge is 0.357 e. The highest BCUT2D eigenvalue weighted by Crippen LogP contribution is 2.11. The predicted octanol–water partition coefficient (Wildman–Crippen LogP) is 2.35. The van der Waals surface area contributed by atoms with Gasteiger partial charge in [0.25, 0.3) is 0 Å². The molecule has 14 heavy (non-hydrogen) atoms. The number of rotatable bonds is 2. The maximum atomic E-state index is 11.3. The summed E-state index contributed by atoms with van der Waals surface area (Å²) in [4.78, 5) is 18.6. The zero-order valence-electron chi connectivity index (χ0n) is 7.62. The van der Waals surface area contributed by atoms with Crippen LogP contribution >= 0.6 is 23.2 Å². The van der Waals surface area contributed by atoms with Crippen LogP contribution in [0, 0.1) is 0 Å². The molecule has 76 valence electrons. The predicted molar refractivity (Wildman–Crippen MR) is 52.6 cm³/mol. The van der Waals surface area contributed by atoms with E-state index in [1.54, 1.807) is 13.8 Å². The van der Waals surface area contributed by atoms with Gasteiger partial charge in [0.05, 0.1) is 6.10 Å². The number of aromatic nitrogens is 2. The topological polar surface area (TPSA) is 52.1 Å². The molecule has 0 radical (unpaired) electrons. The van der Waals surface area contributed by atoms with Crippen LogP contribution in [0.25, 0.3) is 0 Å². The molecule has 1 aromatic rings. The van der Waals surface area contributed by atoms with E-state index in [2.05, 4.69) is 9.97 Å². The largest absolute Gasteiger partial charge is 0.458 e. The lowest BCUT2D eigenvalue weighted by Crippen LogP contribution is -2.13. The number of nitrogens with zero attached hydrogens (tertiary/aromatic N) is 2. The second-order valence-electron chi connectivity index (χ2n) is 2.80. The van der Waals surface area contributed by atoms with Crippen molar-refractivity contribution in [3.05, 3.63) is 22.2 Å². The first kappa shape index (κ1) is 11.2. The maximum Gasteiger partial charge on any atom is 0.357 e. The molecule has 0 N–H and O–H groups in total. The molecule has 0 amide bonds. The molecule has 0 unspecified atom stereocenters. The minimum atomic E-state index is -0.564. The minimum absolute atomic E-state index is 0.0590. The van der Waals surface area contributed by atoms with Crippen molar-refractivity contribution < 1.29 is 9.53 Å². The molecule has 0 aromatic carbocycles. The van der Waals surface area contributed by atoms with Gasteiger partial charge in [-0.25, -0.2) is 14.8 Å². The molecular weight excluding hydrogens is 227 g/mol. The Hall–Kier alpha value is -0.870. The average molecular weight is 235 g/mol. The Morgan fingerprint density at radius 3 is 2.57 bits per heavy atom. The molecule has 0 fully saturated rings. The zero-order chi connectivity index (χ0) is 10.7. The van der Waals surface area contributed by atoms with Crippen LogP contribution in [0.1, 0.15) is 24.3 Å². The number of ether oxygens (including phenoxy) is 1. The van der Waals surface area contributed by atoms with Gasteiger partial charge in [0.2, 0.25) is 5.28 Å². The molecule has 6 heteroatoms. The van der Waals surface area contributed by atoms with Crippen molar-refractivity contribution in [1.29, 1.82) is 0 Å². The summed E-state index contributed by atoms with van der Waals surface area (Å²) in [5.74, 6) is -0.564. The first-order chi connectivity index (χ1) is 6.49. The second-order valence-corrected chi connectivity index (χ2v) is 3.52. The van der Waals surface area contributed by atoms with Gasteiger partial charge in [-0.15, -0.1) is 0 Å². The van der Waals surface area contributed by atoms with Crippen LogP contribution in [0.3, 0.4) is 0 Å². The monoisotopic (exact) mass is 234 g/mol. The van der Waals surface area contributed by atoms with Gasteiger partial charge < -0.3 is 4.74 Å². The van der Waals surface area contributed by atoms with Crippen molar-refractivity contribution in [2.24, 2.45) is 0 Å². The van der Waals surface area contributed by atoms with Crippen molar-refractivity contribution in [2.45, 2.75) is 20.0 Å². The third-order valence-corrected chi connectivity index (χ3v) is 1.58. The van der Waals surface area contributed by atoms with Crippen LogP contribution in [0.15, 0.2) is 6.07 Å². The molecule has 0 saturated heterocycles. The number of halogens is 2. The maximum absolute atomic E-state index is 11.3. The average Bonchev–Trinajstić information content (AvgIpc) is 2.00. The molecule has 1 heterocycles. The molecular formula is C8H8Cl2N2O2. The summed E-state index contributed by atoms with van der Waals surface area (Å²) in [6.07, 6.45) is -0.213. The molecule has 0 atom stereocenters. The Kier molecular flexibility index (Phi) is 3.66. The van der Waals surface area contributed by atoms with Crippen molar-refractivity contribution in [3.63, 3.8) is 0 Å². The summed E-state index contributed by atoms with van der Waals surface area (Å²) < 4.78 is 4.90. The molecule has 1 aromatic heterocycles. The third-order valence-electron chi connectivity index (χ3n) is 1.22. The zero-order valence-corrected chi connectivity index (χ0v) is 9.13. The quantitative estimate of drug-likeness (QED) is 0.448. The Balaban J connectivity index is 2.90. The van der Waals surface area contributed by atoms with Gasteiger partial charge >= 0.3 is 5.97 Å². The van der Waals surface area contributed by atoms with Crippen LogP contribution in [-0.4, -0.2) is 22.0 Å². The second kappa shape index (κ2) is 4.57. The van der Waals surface area contributed by atoms with E-state index >= 15 is 0 Å². The van der Waals surface area contributed by atoms with Crippen molar-refractivity contribution in [3.8, 4) is 0 Å². The van der Waals surface area contributed by atoms with Gasteiger partial charge in [0.15, 0.2) is 5.69 Å². The van der Waals surface area contributed by atoms with E-state index in [0.717, 1.165) is 0 Å². The Morgan fingerprint density at radius 1 is 1.43 bits per heavy atom. The normalized spacial score (nSPS) is 10.4. The Bertz CT molecular complexity index is 335. The van der Waals surface area contributed by atoms with Crippen LogP contribution in [0.2, 0.25) is 10.4 Å². The molecule has 1 rings (SSSR count). The van der Waals surface area contributed by atoms with Gasteiger partial charge in [-0.05, 0) is 25.4 Å². The molecule has 0 spiro atoms. The first-order valence-corrected chi connectivity index (χ1v) is 4.65. The molecule has 0 aliphatic heterocycles. The molecule has 0 aliphatic rings. The third kappa shape index (κ3) is 3.12. The number of carbonyl (C=O) groups excluding carboxylic acids is 1. The van der Waals surface area contributed by atoms with E-state index in [4.69, 9.17) is 27.9 Å². The lowest BCUT2D eigenvalue weighted by atomic mass is 10.4. The Morgan fingerprint density at radius 2 is 2.07 bits per heavy atom. The fourth-order valence-corrected chi connectivity index (χ4v) is 1.18. The van der Waals surface area contributed by atoms with Crippen molar-refractivity contribution >= 4 is 29.2 Å². The lowest BCUT2D eigenvalue weighted by molar-refractivity contribution is 0.0370. The van der Waals surface area contributed by atoms with E-state index in [9.17, 15) is 4.79 Å². The number of carbonyl (C=O) groups is 1. The molecule has 0 aliphatic carbocycles. The fraction of sp³-hybridized carbons (Fsp3) is 0.375. The van der Waals surface area contributed by atoms with E-state index < -0.39 is 5.97 Å². The molecule has 0 saturated carbocycles. The van der Waals surface area contributed by atoms with Gasteiger partial charge in [0.1, 0.15) is 5.15 Å². The van der Waals surface area contributed by atoms with Crippen LogP contribution in [0.4, 0.5) is 0 Å².